The summed E-state index contributed by atoms with van der Waals surface area (Å²) in [6, 6.07) is 14.3. The van der Waals surface area contributed by atoms with Crippen molar-refractivity contribution in [2.24, 2.45) is 0 Å². The van der Waals surface area contributed by atoms with Gasteiger partial charge in [0.2, 0.25) is 5.91 Å². The van der Waals surface area contributed by atoms with Crippen LogP contribution in [0.15, 0.2) is 53.0 Å². The molecule has 7 heteroatoms. The number of amides is 2. The molecular formula is C18H20BrN3O3. The van der Waals surface area contributed by atoms with E-state index in [0.717, 1.165) is 15.8 Å². The fourth-order valence-corrected chi connectivity index (χ4v) is 2.46. The predicted molar refractivity (Wildman–Crippen MR) is 102 cm³/mol. The molecule has 25 heavy (non-hydrogen) atoms. The number of benzene rings is 2. The van der Waals surface area contributed by atoms with Crippen LogP contribution in [0.4, 0.5) is 11.4 Å². The zero-order valence-electron chi connectivity index (χ0n) is 13.8. The van der Waals surface area contributed by atoms with Gasteiger partial charge >= 0.3 is 0 Å². The molecule has 0 aliphatic heterocycles. The van der Waals surface area contributed by atoms with E-state index in [0.29, 0.717) is 18.7 Å². The van der Waals surface area contributed by atoms with E-state index in [9.17, 15) is 9.59 Å². The zero-order chi connectivity index (χ0) is 18.1. The Bertz CT molecular complexity index is 720. The molecule has 0 aromatic heterocycles. The van der Waals surface area contributed by atoms with Crippen molar-refractivity contribution in [3.05, 3.63) is 58.6 Å². The number of ether oxygens (including phenoxy) is 1. The minimum Gasteiger partial charge on any atom is -0.383 e. The normalized spacial score (nSPS) is 10.2. The molecule has 0 saturated heterocycles. The molecule has 0 bridgehead atoms. The lowest BCUT2D eigenvalue weighted by atomic mass is 10.2. The molecular weight excluding hydrogens is 386 g/mol. The fourth-order valence-electron chi connectivity index (χ4n) is 2.06. The maximum Gasteiger partial charge on any atom is 0.251 e. The van der Waals surface area contributed by atoms with Crippen LogP contribution in [0.25, 0.3) is 0 Å². The van der Waals surface area contributed by atoms with Gasteiger partial charge < -0.3 is 20.7 Å². The monoisotopic (exact) mass is 405 g/mol. The van der Waals surface area contributed by atoms with Crippen molar-refractivity contribution >= 4 is 39.1 Å². The van der Waals surface area contributed by atoms with Crippen molar-refractivity contribution < 1.29 is 14.3 Å². The number of halogens is 1. The van der Waals surface area contributed by atoms with Crippen LogP contribution in [-0.2, 0) is 9.53 Å². The summed E-state index contributed by atoms with van der Waals surface area (Å²) >= 11 is 3.36. The smallest absolute Gasteiger partial charge is 0.251 e. The van der Waals surface area contributed by atoms with Gasteiger partial charge in [-0.25, -0.2) is 0 Å². The summed E-state index contributed by atoms with van der Waals surface area (Å²) < 4.78 is 5.79. The lowest BCUT2D eigenvalue weighted by Crippen LogP contribution is -2.26. The van der Waals surface area contributed by atoms with Crippen molar-refractivity contribution in [2.45, 2.75) is 0 Å². The van der Waals surface area contributed by atoms with Crippen LogP contribution in [0.3, 0.4) is 0 Å². The van der Waals surface area contributed by atoms with Gasteiger partial charge in [0.15, 0.2) is 0 Å². The minimum atomic E-state index is -0.156. The van der Waals surface area contributed by atoms with Gasteiger partial charge in [-0.15, -0.1) is 0 Å². The SMILES string of the molecule is COCCNC(=O)c1ccc(NCC(=O)Nc2cccc(Br)c2)cc1. The Morgan fingerprint density at radius 2 is 1.84 bits per heavy atom. The van der Waals surface area contributed by atoms with Crippen molar-refractivity contribution in [1.29, 1.82) is 0 Å². The fraction of sp³-hybridized carbons (Fsp3) is 0.222. The Kier molecular flexibility index (Phi) is 7.43. The standard InChI is InChI=1S/C18H20BrN3O3/c1-25-10-9-20-18(24)13-5-7-15(8-6-13)21-12-17(23)22-16-4-2-3-14(19)11-16/h2-8,11,21H,9-10,12H2,1H3,(H,20,24)(H,22,23). The van der Waals surface area contributed by atoms with Gasteiger partial charge in [0, 0.05) is 35.1 Å². The van der Waals surface area contributed by atoms with Crippen molar-refractivity contribution in [2.75, 3.05) is 37.4 Å². The van der Waals surface area contributed by atoms with Gasteiger partial charge in [0.25, 0.3) is 5.91 Å². The van der Waals surface area contributed by atoms with Crippen molar-refractivity contribution in [3.8, 4) is 0 Å². The molecule has 0 fully saturated rings. The van der Waals surface area contributed by atoms with Gasteiger partial charge in [-0.3, -0.25) is 9.59 Å². The van der Waals surface area contributed by atoms with Crippen LogP contribution < -0.4 is 16.0 Å². The van der Waals surface area contributed by atoms with Crippen LogP contribution >= 0.6 is 15.9 Å². The zero-order valence-corrected chi connectivity index (χ0v) is 15.4. The van der Waals surface area contributed by atoms with E-state index in [4.69, 9.17) is 4.74 Å². The maximum atomic E-state index is 12.0. The highest BCUT2D eigenvalue weighted by molar-refractivity contribution is 9.10. The molecule has 2 rings (SSSR count). The van der Waals surface area contributed by atoms with Crippen LogP contribution in [0.2, 0.25) is 0 Å². The third-order valence-corrected chi connectivity index (χ3v) is 3.79. The molecule has 0 spiro atoms. The van der Waals surface area contributed by atoms with Crippen LogP contribution in [0.1, 0.15) is 10.4 Å². The van der Waals surface area contributed by atoms with Gasteiger partial charge in [-0.1, -0.05) is 22.0 Å². The number of hydrogen-bond acceptors (Lipinski definition) is 4. The summed E-state index contributed by atoms with van der Waals surface area (Å²) in [7, 11) is 1.58. The number of anilines is 2. The molecule has 2 aromatic carbocycles. The number of carbonyl (C=O) groups is 2. The van der Waals surface area contributed by atoms with Crippen molar-refractivity contribution in [3.63, 3.8) is 0 Å². The van der Waals surface area contributed by atoms with E-state index < -0.39 is 0 Å². The highest BCUT2D eigenvalue weighted by atomic mass is 79.9. The molecule has 0 atom stereocenters. The topological polar surface area (TPSA) is 79.5 Å². The van der Waals surface area contributed by atoms with E-state index in [1.807, 2.05) is 24.3 Å². The third kappa shape index (κ3) is 6.56. The molecule has 6 nitrogen and oxygen atoms in total. The summed E-state index contributed by atoms with van der Waals surface area (Å²) in [5, 5.41) is 8.58. The summed E-state index contributed by atoms with van der Waals surface area (Å²) in [6.07, 6.45) is 0. The Balaban J connectivity index is 1.80. The second-order valence-electron chi connectivity index (χ2n) is 5.24. The van der Waals surface area contributed by atoms with Crippen LogP contribution in [0.5, 0.6) is 0 Å². The highest BCUT2D eigenvalue weighted by Crippen LogP contribution is 2.15. The quantitative estimate of drug-likeness (QED) is 0.589. The molecule has 0 aliphatic carbocycles. The molecule has 3 N–H and O–H groups in total. The number of nitrogens with one attached hydrogen (secondary N) is 3. The average molecular weight is 406 g/mol. The number of rotatable bonds is 8. The second kappa shape index (κ2) is 9.80. The molecule has 0 saturated carbocycles. The number of carbonyl (C=O) groups excluding carboxylic acids is 2. The van der Waals surface area contributed by atoms with E-state index in [1.165, 1.54) is 0 Å². The lowest BCUT2D eigenvalue weighted by molar-refractivity contribution is -0.114. The van der Waals surface area contributed by atoms with Crippen LogP contribution in [-0.4, -0.2) is 38.6 Å². The first-order valence-corrected chi connectivity index (χ1v) is 8.54. The molecule has 2 aromatic rings. The third-order valence-electron chi connectivity index (χ3n) is 3.30. The second-order valence-corrected chi connectivity index (χ2v) is 6.15. The Hall–Kier alpha value is -2.38. The van der Waals surface area contributed by atoms with E-state index in [1.54, 1.807) is 31.4 Å². The Morgan fingerprint density at radius 1 is 1.08 bits per heavy atom. The minimum absolute atomic E-state index is 0.131. The number of hydrogen-bond donors (Lipinski definition) is 3. The van der Waals surface area contributed by atoms with Gasteiger partial charge in [0.05, 0.1) is 13.2 Å². The summed E-state index contributed by atoms with van der Waals surface area (Å²) in [4.78, 5) is 23.8. The molecule has 2 amide bonds. The van der Waals surface area contributed by atoms with E-state index in [2.05, 4.69) is 31.9 Å². The first-order valence-electron chi connectivity index (χ1n) is 7.75. The average Bonchev–Trinajstić information content (AvgIpc) is 2.60. The van der Waals surface area contributed by atoms with Crippen LogP contribution in [0, 0.1) is 0 Å². The van der Waals surface area contributed by atoms with Crippen molar-refractivity contribution in [1.82, 2.24) is 5.32 Å². The highest BCUT2D eigenvalue weighted by Gasteiger charge is 2.06. The largest absolute Gasteiger partial charge is 0.383 e. The Morgan fingerprint density at radius 3 is 2.52 bits per heavy atom. The molecule has 0 unspecified atom stereocenters. The maximum absolute atomic E-state index is 12.0. The first-order chi connectivity index (χ1) is 12.1. The predicted octanol–water partition coefficient (Wildman–Crippen LogP) is 2.88. The molecule has 132 valence electrons. The Labute approximate surface area is 155 Å². The van der Waals surface area contributed by atoms with Gasteiger partial charge in [-0.2, -0.15) is 0 Å². The van der Waals surface area contributed by atoms with E-state index in [-0.39, 0.29) is 18.4 Å². The van der Waals surface area contributed by atoms with Gasteiger partial charge in [0.1, 0.15) is 0 Å². The number of methoxy groups -OCH3 is 1. The first kappa shape index (κ1) is 19.0. The molecule has 0 aliphatic rings. The van der Waals surface area contributed by atoms with E-state index >= 15 is 0 Å². The summed E-state index contributed by atoms with van der Waals surface area (Å²) in [5.74, 6) is -0.310. The summed E-state index contributed by atoms with van der Waals surface area (Å²) in [5.41, 5.74) is 2.04. The summed E-state index contributed by atoms with van der Waals surface area (Å²) in [6.45, 7) is 1.06. The lowest BCUT2D eigenvalue weighted by Gasteiger charge is -2.09. The molecule has 0 heterocycles. The van der Waals surface area contributed by atoms with Gasteiger partial charge in [-0.05, 0) is 42.5 Å². The molecule has 0 radical (unpaired) electrons.